The molecule has 0 saturated heterocycles. The summed E-state index contributed by atoms with van der Waals surface area (Å²) >= 11 is 0. The van der Waals surface area contributed by atoms with Gasteiger partial charge in [-0.25, -0.2) is 0 Å². The van der Waals surface area contributed by atoms with E-state index in [0.717, 1.165) is 0 Å². The van der Waals surface area contributed by atoms with Gasteiger partial charge < -0.3 is 15.1 Å². The van der Waals surface area contributed by atoms with Crippen LogP contribution in [0.5, 0.6) is 0 Å². The molecule has 3 N–H and O–H groups in total. The molecule has 0 spiro atoms. The Morgan fingerprint density at radius 1 is 1.00 bits per heavy atom. The number of rotatable bonds is 0. The van der Waals surface area contributed by atoms with Gasteiger partial charge in [0.05, 0.1) is 0 Å². The summed E-state index contributed by atoms with van der Waals surface area (Å²) in [4.78, 5) is 0. The normalized spacial score (nSPS) is 4.50. The van der Waals surface area contributed by atoms with Crippen LogP contribution in [0.3, 0.4) is 0 Å². The molecule has 0 fully saturated rings. The zero-order chi connectivity index (χ0) is 3.58. The van der Waals surface area contributed by atoms with Crippen LogP contribution in [0.2, 0.25) is 0 Å². The Kier molecular flexibility index (Phi) is 26.7. The maximum atomic E-state index is 7.17. The summed E-state index contributed by atoms with van der Waals surface area (Å²) in [6.07, 6.45) is 0. The third kappa shape index (κ3) is 35.4. The quantitative estimate of drug-likeness (QED) is 0.441. The molecule has 6 heteroatoms. The van der Waals surface area contributed by atoms with E-state index in [-0.39, 0.29) is 65.8 Å². The monoisotopic (exact) mass is 265 g/mol. The van der Waals surface area contributed by atoms with Crippen LogP contribution >= 0.6 is 0 Å². The van der Waals surface area contributed by atoms with Gasteiger partial charge >= 0.3 is 7.32 Å². The van der Waals surface area contributed by atoms with E-state index in [0.29, 0.717) is 0 Å². The minimum absolute atomic E-state index is 0. The Labute approximate surface area is 86.8 Å². The summed E-state index contributed by atoms with van der Waals surface area (Å²) in [7, 11) is -2.17. The van der Waals surface area contributed by atoms with E-state index in [1.807, 2.05) is 0 Å². The van der Waals surface area contributed by atoms with Crippen molar-refractivity contribution in [2.75, 3.05) is 0 Å². The molecule has 35 valence electrons. The Balaban J connectivity index is -0.0000000450. The van der Waals surface area contributed by atoms with Crippen molar-refractivity contribution in [2.24, 2.45) is 0 Å². The predicted molar refractivity (Wildman–Crippen MR) is 12.4 cm³/mol. The van der Waals surface area contributed by atoms with Crippen molar-refractivity contribution >= 4 is 7.32 Å². The van der Waals surface area contributed by atoms with E-state index < -0.39 is 7.32 Å². The van der Waals surface area contributed by atoms with Crippen LogP contribution < -0.4 is 0 Å². The summed E-state index contributed by atoms with van der Waals surface area (Å²) in [6.45, 7) is 0. The van der Waals surface area contributed by atoms with E-state index in [1.54, 1.807) is 0 Å². The standard InChI is InChI=1S/BH3O3.Gd.Sc/c2-1(3)4;;/h2-4H;;. The zero-order valence-electron chi connectivity index (χ0n) is 2.85. The van der Waals surface area contributed by atoms with Crippen molar-refractivity contribution < 1.29 is 80.9 Å². The van der Waals surface area contributed by atoms with Crippen LogP contribution in [-0.2, 0) is 25.8 Å². The third-order valence-electron chi connectivity index (χ3n) is 0. The van der Waals surface area contributed by atoms with Gasteiger partial charge in [0.2, 0.25) is 0 Å². The van der Waals surface area contributed by atoms with Gasteiger partial charge in [-0.05, 0) is 0 Å². The first-order valence-corrected chi connectivity index (χ1v) is 0.775. The molecule has 0 aromatic rings. The second kappa shape index (κ2) is 10.2. The molecule has 0 aromatic heterocycles. The van der Waals surface area contributed by atoms with Gasteiger partial charge in [-0.1, -0.05) is 0 Å². The summed E-state index contributed by atoms with van der Waals surface area (Å²) in [6, 6.07) is 0. The average Bonchev–Trinajstić information content (AvgIpc) is 0.811. The van der Waals surface area contributed by atoms with E-state index in [1.165, 1.54) is 0 Å². The molecule has 0 aliphatic carbocycles. The van der Waals surface area contributed by atoms with Gasteiger partial charge in [0.15, 0.2) is 0 Å². The summed E-state index contributed by atoms with van der Waals surface area (Å²) < 4.78 is 0. The maximum Gasteiger partial charge on any atom is 0.631 e. The Hall–Kier alpha value is 2.14. The van der Waals surface area contributed by atoms with Crippen LogP contribution in [-0.4, -0.2) is 22.4 Å². The van der Waals surface area contributed by atoms with Crippen molar-refractivity contribution in [3.05, 3.63) is 0 Å². The van der Waals surface area contributed by atoms with Crippen molar-refractivity contribution in [3.63, 3.8) is 0 Å². The fourth-order valence-corrected chi connectivity index (χ4v) is 0. The molecule has 0 atom stereocenters. The van der Waals surface area contributed by atoms with Crippen LogP contribution in [0, 0.1) is 39.9 Å². The first kappa shape index (κ1) is 15.7. The molecule has 0 aliphatic heterocycles. The first-order chi connectivity index (χ1) is 1.73. The Bertz CT molecular complexity index is 15.5. The third-order valence-corrected chi connectivity index (χ3v) is 0. The summed E-state index contributed by atoms with van der Waals surface area (Å²) in [5.74, 6) is 0. The molecule has 0 unspecified atom stereocenters. The van der Waals surface area contributed by atoms with E-state index in [4.69, 9.17) is 15.1 Å². The fourth-order valence-electron chi connectivity index (χ4n) is 0. The topological polar surface area (TPSA) is 60.7 Å². The largest absolute Gasteiger partial charge is 0.631 e. The average molecular weight is 264 g/mol. The molecule has 1 radical (unpaired) electrons. The first-order valence-electron chi connectivity index (χ1n) is 0.775. The van der Waals surface area contributed by atoms with E-state index in [9.17, 15) is 0 Å². The van der Waals surface area contributed by atoms with Gasteiger partial charge in [-0.3, -0.25) is 0 Å². The Morgan fingerprint density at radius 2 is 1.00 bits per heavy atom. The SMILES string of the molecule is OB(O)O.[Gd].[Sc]. The van der Waals surface area contributed by atoms with Gasteiger partial charge in [0.25, 0.3) is 0 Å². The molecule has 0 rings (SSSR count). The zero-order valence-corrected chi connectivity index (χ0v) is 6.92. The molecule has 3 nitrogen and oxygen atoms in total. The molecule has 0 amide bonds. The molecular formula is H3BGdO3Sc. The minimum atomic E-state index is -2.17. The van der Waals surface area contributed by atoms with E-state index in [2.05, 4.69) is 0 Å². The van der Waals surface area contributed by atoms with Gasteiger partial charge in [-0.2, -0.15) is 0 Å². The van der Waals surface area contributed by atoms with Gasteiger partial charge in [0, 0.05) is 65.8 Å². The maximum absolute atomic E-state index is 7.17. The number of hydrogen-bond donors (Lipinski definition) is 3. The molecule has 0 bridgehead atoms. The Morgan fingerprint density at radius 3 is 1.00 bits per heavy atom. The fraction of sp³-hybridized carbons (Fsp3) is 0. The second-order valence-electron chi connectivity index (χ2n) is 0.346. The van der Waals surface area contributed by atoms with Crippen LogP contribution in [0.25, 0.3) is 0 Å². The number of hydrogen-bond acceptors (Lipinski definition) is 3. The second-order valence-corrected chi connectivity index (χ2v) is 0.346. The molecule has 0 saturated carbocycles. The molecular weight excluding hydrogens is 261 g/mol. The van der Waals surface area contributed by atoms with Crippen LogP contribution in [0.4, 0.5) is 0 Å². The van der Waals surface area contributed by atoms with Gasteiger partial charge in [0.1, 0.15) is 0 Å². The van der Waals surface area contributed by atoms with Crippen molar-refractivity contribution in [2.45, 2.75) is 0 Å². The van der Waals surface area contributed by atoms with Crippen molar-refractivity contribution in [1.29, 1.82) is 0 Å². The van der Waals surface area contributed by atoms with Crippen LogP contribution in [0.15, 0.2) is 0 Å². The molecule has 0 heterocycles. The predicted octanol–water partition coefficient (Wildman–Crippen LogP) is -2.05. The van der Waals surface area contributed by atoms with Crippen molar-refractivity contribution in [1.82, 2.24) is 0 Å². The summed E-state index contributed by atoms with van der Waals surface area (Å²) in [5.41, 5.74) is 0. The smallest absolute Gasteiger partial charge is 0.402 e. The summed E-state index contributed by atoms with van der Waals surface area (Å²) in [5, 5.41) is 21.5. The minimum Gasteiger partial charge on any atom is -0.402 e. The van der Waals surface area contributed by atoms with Crippen molar-refractivity contribution in [3.8, 4) is 0 Å². The van der Waals surface area contributed by atoms with Gasteiger partial charge in [-0.15, -0.1) is 0 Å². The molecule has 0 aliphatic rings. The van der Waals surface area contributed by atoms with Crippen LogP contribution in [0.1, 0.15) is 0 Å². The van der Waals surface area contributed by atoms with E-state index >= 15 is 0 Å². The molecule has 6 heavy (non-hydrogen) atoms. The molecule has 0 aromatic carbocycles.